The number of nitrogens with two attached hydrogens (primary N) is 1. The number of fused-ring (bicyclic) bond motifs is 4. The van der Waals surface area contributed by atoms with Crippen molar-refractivity contribution in [1.82, 2.24) is 10.2 Å². The molecule has 5 rings (SSSR count). The number of methoxy groups -OCH3 is 2. The summed E-state index contributed by atoms with van der Waals surface area (Å²) in [7, 11) is 3.08. The maximum Gasteiger partial charge on any atom is 0.250 e. The van der Waals surface area contributed by atoms with Gasteiger partial charge in [-0.2, -0.15) is 0 Å². The summed E-state index contributed by atoms with van der Waals surface area (Å²) in [6.45, 7) is 3.96. The predicted molar refractivity (Wildman–Crippen MR) is 134 cm³/mol. The summed E-state index contributed by atoms with van der Waals surface area (Å²) < 4.78 is 10.6. The minimum atomic E-state index is -1.45. The lowest BCUT2D eigenvalue weighted by Gasteiger charge is -2.29. The largest absolute Gasteiger partial charge is 0.493 e. The summed E-state index contributed by atoms with van der Waals surface area (Å²) in [6.07, 6.45) is 0.220. The van der Waals surface area contributed by atoms with Gasteiger partial charge in [-0.1, -0.05) is 18.2 Å². The van der Waals surface area contributed by atoms with Gasteiger partial charge in [-0.3, -0.25) is 29.4 Å². The van der Waals surface area contributed by atoms with Crippen LogP contribution in [0.2, 0.25) is 0 Å². The summed E-state index contributed by atoms with van der Waals surface area (Å²) in [5.41, 5.74) is 8.04. The van der Waals surface area contributed by atoms with Crippen molar-refractivity contribution in [3.05, 3.63) is 52.6 Å². The third-order valence-electron chi connectivity index (χ3n) is 8.01. The number of likely N-dealkylation sites (tertiary alicyclic amines) is 1. The van der Waals surface area contributed by atoms with Crippen LogP contribution in [0.5, 0.6) is 11.5 Å². The molecule has 10 nitrogen and oxygen atoms in total. The summed E-state index contributed by atoms with van der Waals surface area (Å²) in [6, 6.07) is 8.37. The number of carbonyl (C=O) groups is 4. The Balaban J connectivity index is 1.51. The van der Waals surface area contributed by atoms with E-state index in [1.165, 1.54) is 12.0 Å². The van der Waals surface area contributed by atoms with Gasteiger partial charge in [0.2, 0.25) is 23.6 Å². The standard InChI is InChI=1S/C27H30N4O6/c1-13-5-7-16-23(14(13)2)29-26(35)27(16)22-21(17(30-27)12-20(28)32)24(33)31(25(22)34)10-9-15-6-8-18(36-3)19(11-15)37-4/h5-8,11,17,21-22,30H,9-10,12H2,1-4H3,(H2,28,32)(H,29,35)/t17-,21-,22-,27-/m0/s1. The van der Waals surface area contributed by atoms with Crippen molar-refractivity contribution in [2.24, 2.45) is 17.6 Å². The number of imide groups is 1. The molecule has 2 saturated heterocycles. The van der Waals surface area contributed by atoms with Crippen molar-refractivity contribution in [3.8, 4) is 11.5 Å². The van der Waals surface area contributed by atoms with Gasteiger partial charge in [-0.25, -0.2) is 0 Å². The van der Waals surface area contributed by atoms with E-state index in [1.54, 1.807) is 19.2 Å². The summed E-state index contributed by atoms with van der Waals surface area (Å²) in [4.78, 5) is 54.2. The summed E-state index contributed by atoms with van der Waals surface area (Å²) >= 11 is 0. The molecule has 0 saturated carbocycles. The number of hydrogen-bond donors (Lipinski definition) is 3. The van der Waals surface area contributed by atoms with Crippen LogP contribution in [0, 0.1) is 25.7 Å². The van der Waals surface area contributed by atoms with Crippen LogP contribution < -0.4 is 25.8 Å². The first-order valence-electron chi connectivity index (χ1n) is 12.2. The molecule has 0 radical (unpaired) electrons. The van der Waals surface area contributed by atoms with Crippen molar-refractivity contribution in [2.75, 3.05) is 26.1 Å². The maximum absolute atomic E-state index is 13.9. The normalized spacial score (nSPS) is 25.9. The molecule has 1 spiro atoms. The van der Waals surface area contributed by atoms with Crippen LogP contribution in [0.25, 0.3) is 0 Å². The first-order valence-corrected chi connectivity index (χ1v) is 12.2. The number of benzene rings is 2. The van der Waals surface area contributed by atoms with E-state index in [9.17, 15) is 19.2 Å². The number of primary amides is 1. The number of rotatable bonds is 7. The molecule has 4 amide bonds. The predicted octanol–water partition coefficient (Wildman–Crippen LogP) is 1.16. The molecule has 4 atom stereocenters. The van der Waals surface area contributed by atoms with Gasteiger partial charge in [0, 0.05) is 30.3 Å². The Bertz CT molecular complexity index is 1340. The Morgan fingerprint density at radius 2 is 1.78 bits per heavy atom. The number of carbonyl (C=O) groups excluding carboxylic acids is 4. The highest BCUT2D eigenvalue weighted by Crippen LogP contribution is 2.54. The van der Waals surface area contributed by atoms with Gasteiger partial charge in [0.25, 0.3) is 0 Å². The monoisotopic (exact) mass is 506 g/mol. The van der Waals surface area contributed by atoms with E-state index < -0.39 is 47.0 Å². The molecule has 194 valence electrons. The van der Waals surface area contributed by atoms with Crippen molar-refractivity contribution >= 4 is 29.3 Å². The van der Waals surface area contributed by atoms with Crippen LogP contribution in [-0.4, -0.2) is 55.3 Å². The molecule has 0 aliphatic carbocycles. The minimum Gasteiger partial charge on any atom is -0.493 e. The minimum absolute atomic E-state index is 0.126. The Morgan fingerprint density at radius 3 is 2.46 bits per heavy atom. The smallest absolute Gasteiger partial charge is 0.250 e. The van der Waals surface area contributed by atoms with Crippen molar-refractivity contribution in [1.29, 1.82) is 0 Å². The van der Waals surface area contributed by atoms with Crippen LogP contribution in [0.3, 0.4) is 0 Å². The number of aryl methyl sites for hydroxylation is 1. The molecule has 2 fully saturated rings. The fraction of sp³-hybridized carbons (Fsp3) is 0.407. The molecule has 37 heavy (non-hydrogen) atoms. The van der Waals surface area contributed by atoms with E-state index in [0.29, 0.717) is 29.2 Å². The van der Waals surface area contributed by atoms with Crippen molar-refractivity contribution in [2.45, 2.75) is 38.3 Å². The van der Waals surface area contributed by atoms with Gasteiger partial charge in [-0.15, -0.1) is 0 Å². The number of ether oxygens (including phenoxy) is 2. The highest BCUT2D eigenvalue weighted by Gasteiger charge is 2.70. The average molecular weight is 507 g/mol. The third-order valence-corrected chi connectivity index (χ3v) is 8.01. The van der Waals surface area contributed by atoms with Gasteiger partial charge in [-0.05, 0) is 49.1 Å². The van der Waals surface area contributed by atoms with Crippen LogP contribution in [-0.2, 0) is 31.1 Å². The number of nitrogens with one attached hydrogen (secondary N) is 2. The van der Waals surface area contributed by atoms with E-state index in [4.69, 9.17) is 15.2 Å². The topological polar surface area (TPSA) is 140 Å². The summed E-state index contributed by atoms with van der Waals surface area (Å²) in [5, 5.41) is 6.16. The second kappa shape index (κ2) is 8.88. The number of nitrogens with zero attached hydrogens (tertiary/aromatic N) is 1. The molecule has 2 aromatic carbocycles. The fourth-order valence-corrected chi connectivity index (χ4v) is 6.07. The molecule has 3 aliphatic rings. The van der Waals surface area contributed by atoms with Gasteiger partial charge < -0.3 is 20.5 Å². The molecule has 0 aromatic heterocycles. The Labute approximate surface area is 214 Å². The van der Waals surface area contributed by atoms with E-state index in [0.717, 1.165) is 16.7 Å². The average Bonchev–Trinajstić information content (AvgIpc) is 3.44. The van der Waals surface area contributed by atoms with Gasteiger partial charge in [0.1, 0.15) is 5.54 Å². The van der Waals surface area contributed by atoms with Gasteiger partial charge >= 0.3 is 0 Å². The molecule has 4 N–H and O–H groups in total. The molecule has 3 heterocycles. The fourth-order valence-electron chi connectivity index (χ4n) is 6.07. The number of amides is 4. The molecular weight excluding hydrogens is 476 g/mol. The number of hydrogen-bond acceptors (Lipinski definition) is 7. The lowest BCUT2D eigenvalue weighted by Crippen LogP contribution is -2.53. The van der Waals surface area contributed by atoms with Crippen molar-refractivity contribution in [3.63, 3.8) is 0 Å². The zero-order chi connectivity index (χ0) is 26.6. The molecular formula is C27H30N4O6. The molecule has 3 aliphatic heterocycles. The molecule has 0 bridgehead atoms. The summed E-state index contributed by atoms with van der Waals surface area (Å²) in [5.74, 6) is -2.61. The Kier molecular flexibility index (Phi) is 5.94. The molecule has 2 aromatic rings. The second-order valence-corrected chi connectivity index (χ2v) is 9.88. The lowest BCUT2D eigenvalue weighted by atomic mass is 9.76. The van der Waals surface area contributed by atoms with Gasteiger partial charge in [0.15, 0.2) is 11.5 Å². The van der Waals surface area contributed by atoms with Crippen LogP contribution in [0.1, 0.15) is 28.7 Å². The molecule has 0 unspecified atom stereocenters. The lowest BCUT2D eigenvalue weighted by molar-refractivity contribution is -0.142. The van der Waals surface area contributed by atoms with Crippen molar-refractivity contribution < 1.29 is 28.7 Å². The highest BCUT2D eigenvalue weighted by molar-refractivity contribution is 6.15. The highest BCUT2D eigenvalue weighted by atomic mass is 16.5. The zero-order valence-corrected chi connectivity index (χ0v) is 21.2. The van der Waals surface area contributed by atoms with E-state index in [2.05, 4.69) is 10.6 Å². The zero-order valence-electron chi connectivity index (χ0n) is 21.2. The first-order chi connectivity index (χ1) is 17.6. The quantitative estimate of drug-likeness (QED) is 0.479. The first kappa shape index (κ1) is 24.8. The van der Waals surface area contributed by atoms with E-state index in [-0.39, 0.29) is 13.0 Å². The van der Waals surface area contributed by atoms with Crippen LogP contribution >= 0.6 is 0 Å². The Hall–Kier alpha value is -3.92. The second-order valence-electron chi connectivity index (χ2n) is 9.88. The third kappa shape index (κ3) is 3.58. The van der Waals surface area contributed by atoms with Gasteiger partial charge in [0.05, 0.1) is 26.1 Å². The maximum atomic E-state index is 13.9. The van der Waals surface area contributed by atoms with Crippen LogP contribution in [0.15, 0.2) is 30.3 Å². The SMILES string of the molecule is COc1ccc(CCN2C(=O)[C@H]3[C@H](CC(N)=O)N[C@]4(C(=O)Nc5c4ccc(C)c5C)[C@@H]3C2=O)cc1OC. The Morgan fingerprint density at radius 1 is 1.05 bits per heavy atom. The number of anilines is 1. The molecule has 10 heteroatoms. The van der Waals surface area contributed by atoms with E-state index >= 15 is 0 Å². The van der Waals surface area contributed by atoms with E-state index in [1.807, 2.05) is 32.0 Å². The van der Waals surface area contributed by atoms with Crippen LogP contribution in [0.4, 0.5) is 5.69 Å².